The summed E-state index contributed by atoms with van der Waals surface area (Å²) in [5.74, 6) is 7.66. The highest BCUT2D eigenvalue weighted by atomic mass is 32.1. The van der Waals surface area contributed by atoms with E-state index in [2.05, 4.69) is 99.1 Å². The maximum absolute atomic E-state index is 4.77. The molecule has 0 spiro atoms. The van der Waals surface area contributed by atoms with Gasteiger partial charge in [-0.3, -0.25) is 0 Å². The van der Waals surface area contributed by atoms with E-state index in [0.717, 1.165) is 28.3 Å². The summed E-state index contributed by atoms with van der Waals surface area (Å²) < 4.78 is 0. The van der Waals surface area contributed by atoms with Crippen LogP contribution in [0.15, 0.2) is 47.5 Å². The summed E-state index contributed by atoms with van der Waals surface area (Å²) in [5.41, 5.74) is 13.4. The first-order valence-corrected chi connectivity index (χ1v) is 11.7. The zero-order valence-corrected chi connectivity index (χ0v) is 20.4. The predicted octanol–water partition coefficient (Wildman–Crippen LogP) is 7.85. The molecule has 1 aliphatic rings. The summed E-state index contributed by atoms with van der Waals surface area (Å²) >= 11 is 4.77. The molecule has 0 radical (unpaired) electrons. The Morgan fingerprint density at radius 1 is 0.875 bits per heavy atom. The zero-order valence-electron chi connectivity index (χ0n) is 19.6. The standard InChI is InChI=1S/C30H29NS/c1-19-6-12-29-23(5)28(20(2)15-27(29)14-19)13-9-24-7-10-25(11-8-24)26-16-21(3)30(31-18-32)22(4)17-26/h7-8,10-11,15-17,19H,6,12,14H2,1-5H3. The molecular weight excluding hydrogens is 406 g/mol. The van der Waals surface area contributed by atoms with Gasteiger partial charge in [0.15, 0.2) is 0 Å². The van der Waals surface area contributed by atoms with Crippen LogP contribution in [0.4, 0.5) is 5.69 Å². The molecule has 0 saturated heterocycles. The lowest BCUT2D eigenvalue weighted by molar-refractivity contribution is 0.499. The van der Waals surface area contributed by atoms with Gasteiger partial charge in [-0.15, -0.1) is 0 Å². The third-order valence-corrected chi connectivity index (χ3v) is 6.75. The smallest absolute Gasteiger partial charge is 0.0798 e. The minimum atomic E-state index is 0.785. The molecule has 1 aliphatic carbocycles. The quantitative estimate of drug-likeness (QED) is 0.227. The Labute approximate surface area is 197 Å². The Balaban J connectivity index is 1.62. The van der Waals surface area contributed by atoms with Crippen LogP contribution < -0.4 is 0 Å². The number of hydrogen-bond donors (Lipinski definition) is 0. The lowest BCUT2D eigenvalue weighted by Gasteiger charge is -2.25. The molecule has 160 valence electrons. The molecule has 0 aliphatic heterocycles. The monoisotopic (exact) mass is 435 g/mol. The van der Waals surface area contributed by atoms with Gasteiger partial charge in [-0.05, 0) is 134 Å². The molecule has 4 rings (SSSR count). The predicted molar refractivity (Wildman–Crippen MR) is 139 cm³/mol. The fourth-order valence-electron chi connectivity index (χ4n) is 4.92. The Morgan fingerprint density at radius 2 is 1.56 bits per heavy atom. The highest BCUT2D eigenvalue weighted by Crippen LogP contribution is 2.32. The summed E-state index contributed by atoms with van der Waals surface area (Å²) in [4.78, 5) is 4.20. The van der Waals surface area contributed by atoms with Crippen LogP contribution in [0.25, 0.3) is 11.1 Å². The normalized spacial score (nSPS) is 14.7. The van der Waals surface area contributed by atoms with E-state index in [1.165, 1.54) is 58.2 Å². The average molecular weight is 436 g/mol. The molecule has 3 aromatic carbocycles. The van der Waals surface area contributed by atoms with E-state index in [1.54, 1.807) is 0 Å². The van der Waals surface area contributed by atoms with Gasteiger partial charge in [-0.25, -0.2) is 0 Å². The van der Waals surface area contributed by atoms with Crippen LogP contribution in [0.1, 0.15) is 57.9 Å². The lowest BCUT2D eigenvalue weighted by Crippen LogP contribution is -2.14. The van der Waals surface area contributed by atoms with Crippen LogP contribution in [-0.4, -0.2) is 5.16 Å². The molecule has 2 heteroatoms. The topological polar surface area (TPSA) is 12.4 Å². The van der Waals surface area contributed by atoms with Crippen molar-refractivity contribution < 1.29 is 0 Å². The Kier molecular flexibility index (Phi) is 6.43. The molecule has 0 saturated carbocycles. The Morgan fingerprint density at radius 3 is 2.22 bits per heavy atom. The second-order valence-electron chi connectivity index (χ2n) is 9.17. The molecule has 0 fully saturated rings. The average Bonchev–Trinajstić information content (AvgIpc) is 2.76. The fraction of sp³-hybridized carbons (Fsp3) is 0.300. The molecule has 0 amide bonds. The second-order valence-corrected chi connectivity index (χ2v) is 9.35. The highest BCUT2D eigenvalue weighted by molar-refractivity contribution is 7.78. The first kappa shape index (κ1) is 22.2. The number of aliphatic imine (C=N–C) groups is 1. The number of nitrogens with zero attached hydrogens (tertiary/aromatic N) is 1. The van der Waals surface area contributed by atoms with Crippen LogP contribution in [0.5, 0.6) is 0 Å². The minimum absolute atomic E-state index is 0.785. The number of isothiocyanates is 1. The number of thiocarbonyl (C=S) groups is 1. The van der Waals surface area contributed by atoms with E-state index >= 15 is 0 Å². The molecule has 32 heavy (non-hydrogen) atoms. The van der Waals surface area contributed by atoms with E-state index in [0.29, 0.717) is 0 Å². The third-order valence-electron chi connectivity index (χ3n) is 6.65. The Bertz CT molecular complexity index is 1270. The van der Waals surface area contributed by atoms with Crippen molar-refractivity contribution in [1.82, 2.24) is 0 Å². The number of hydrogen-bond acceptors (Lipinski definition) is 2. The van der Waals surface area contributed by atoms with Crippen LogP contribution >= 0.6 is 12.2 Å². The maximum atomic E-state index is 4.77. The second kappa shape index (κ2) is 9.25. The molecule has 0 N–H and O–H groups in total. The SMILES string of the molecule is Cc1cc2c(c(C)c1C#Cc1ccc(-c3cc(C)c(N=C=S)c(C)c3)cc1)CCC(C)C2. The molecule has 0 heterocycles. The lowest BCUT2D eigenvalue weighted by atomic mass is 9.80. The van der Waals surface area contributed by atoms with E-state index in [-0.39, 0.29) is 0 Å². The van der Waals surface area contributed by atoms with Gasteiger partial charge in [0.2, 0.25) is 0 Å². The van der Waals surface area contributed by atoms with Crippen LogP contribution in [-0.2, 0) is 12.8 Å². The van der Waals surface area contributed by atoms with Gasteiger partial charge in [-0.1, -0.05) is 37.0 Å². The Hall–Kier alpha value is -2.98. The number of aryl methyl sites for hydroxylation is 3. The fourth-order valence-corrected chi connectivity index (χ4v) is 5.02. The largest absolute Gasteiger partial charge is 0.194 e. The first-order valence-electron chi connectivity index (χ1n) is 11.3. The first-order chi connectivity index (χ1) is 15.4. The van der Waals surface area contributed by atoms with E-state index in [4.69, 9.17) is 12.2 Å². The van der Waals surface area contributed by atoms with Crippen LogP contribution in [0, 0.1) is 45.5 Å². The van der Waals surface area contributed by atoms with Gasteiger partial charge < -0.3 is 0 Å². The van der Waals surface area contributed by atoms with Crippen LogP contribution in [0.2, 0.25) is 0 Å². The summed E-state index contributed by atoms with van der Waals surface area (Å²) in [6.07, 6.45) is 3.66. The van der Waals surface area contributed by atoms with Crippen molar-refractivity contribution >= 4 is 23.1 Å². The zero-order chi connectivity index (χ0) is 22.8. The highest BCUT2D eigenvalue weighted by Gasteiger charge is 2.19. The number of fused-ring (bicyclic) bond motifs is 1. The molecule has 1 unspecified atom stereocenters. The summed E-state index contributed by atoms with van der Waals surface area (Å²) in [6.45, 7) is 10.9. The molecule has 1 atom stereocenters. The van der Waals surface area contributed by atoms with Gasteiger partial charge in [0.05, 0.1) is 10.8 Å². The summed E-state index contributed by atoms with van der Waals surface area (Å²) in [7, 11) is 0. The maximum Gasteiger partial charge on any atom is 0.0798 e. The van der Waals surface area contributed by atoms with Crippen molar-refractivity contribution in [3.63, 3.8) is 0 Å². The van der Waals surface area contributed by atoms with Gasteiger partial charge in [0, 0.05) is 11.1 Å². The summed E-state index contributed by atoms with van der Waals surface area (Å²) in [5, 5.41) is 2.48. The van der Waals surface area contributed by atoms with Crippen molar-refractivity contribution in [1.29, 1.82) is 0 Å². The molecule has 1 nitrogen and oxygen atoms in total. The third kappa shape index (κ3) is 4.46. The van der Waals surface area contributed by atoms with Gasteiger partial charge >= 0.3 is 0 Å². The summed E-state index contributed by atoms with van der Waals surface area (Å²) in [6, 6.07) is 15.2. The van der Waals surface area contributed by atoms with E-state index in [1.807, 2.05) is 0 Å². The molecule has 0 bridgehead atoms. The molecule has 0 aromatic heterocycles. The number of benzene rings is 3. The van der Waals surface area contributed by atoms with Gasteiger partial charge in [0.1, 0.15) is 0 Å². The molecule has 3 aromatic rings. The minimum Gasteiger partial charge on any atom is -0.194 e. The van der Waals surface area contributed by atoms with Gasteiger partial charge in [0.25, 0.3) is 0 Å². The van der Waals surface area contributed by atoms with Crippen LogP contribution in [0.3, 0.4) is 0 Å². The van der Waals surface area contributed by atoms with Crippen molar-refractivity contribution in [2.75, 3.05) is 0 Å². The van der Waals surface area contributed by atoms with E-state index < -0.39 is 0 Å². The number of rotatable bonds is 2. The van der Waals surface area contributed by atoms with Crippen molar-refractivity contribution in [2.45, 2.75) is 53.9 Å². The molecular formula is C30H29NS. The van der Waals surface area contributed by atoms with Crippen molar-refractivity contribution in [3.8, 4) is 23.0 Å². The van der Waals surface area contributed by atoms with E-state index in [9.17, 15) is 0 Å². The van der Waals surface area contributed by atoms with Crippen molar-refractivity contribution in [3.05, 3.63) is 87.0 Å². The van der Waals surface area contributed by atoms with Gasteiger partial charge in [-0.2, -0.15) is 4.99 Å². The van der Waals surface area contributed by atoms with Crippen molar-refractivity contribution in [2.24, 2.45) is 10.9 Å².